The van der Waals surface area contributed by atoms with Crippen molar-refractivity contribution in [3.05, 3.63) is 42.6 Å². The van der Waals surface area contributed by atoms with E-state index in [1.165, 1.54) is 4.90 Å². The highest BCUT2D eigenvalue weighted by Gasteiger charge is 2.15. The number of benzene rings is 2. The molecule has 0 saturated heterocycles. The normalized spacial score (nSPS) is 11.4. The van der Waals surface area contributed by atoms with Gasteiger partial charge in [0.25, 0.3) is 0 Å². The lowest BCUT2D eigenvalue weighted by Gasteiger charge is -2.11. The molecule has 0 spiro atoms. The van der Waals surface area contributed by atoms with Crippen LogP contribution in [0.4, 0.5) is 11.8 Å². The number of rotatable bonds is 2. The van der Waals surface area contributed by atoms with Gasteiger partial charge in [-0.25, -0.2) is 4.98 Å². The van der Waals surface area contributed by atoms with Crippen molar-refractivity contribution in [3.63, 3.8) is 0 Å². The average molecular weight is 335 g/mol. The standard InChI is InChI=1S/C18H17N5S/c1-23-8-7-12-15-14(21-18(20)22-17(15)19)9-13(16(12)23)10-3-5-11(24-2)6-4-10/h3-9H,1-2H3,(H4,19,20,21,22). The number of nitrogens with two attached hydrogens (primary N) is 2. The molecule has 0 amide bonds. The predicted molar refractivity (Wildman–Crippen MR) is 102 cm³/mol. The molecule has 4 aromatic rings. The molecule has 120 valence electrons. The predicted octanol–water partition coefficient (Wildman–Crippen LogP) is 3.67. The molecule has 0 fully saturated rings. The Labute approximate surface area is 143 Å². The molecule has 0 bridgehead atoms. The van der Waals surface area contributed by atoms with Gasteiger partial charge in [0, 0.05) is 29.1 Å². The summed E-state index contributed by atoms with van der Waals surface area (Å²) in [6, 6.07) is 12.6. The number of nitrogens with zero attached hydrogens (tertiary/aromatic N) is 3. The van der Waals surface area contributed by atoms with Gasteiger partial charge in [-0.15, -0.1) is 11.8 Å². The van der Waals surface area contributed by atoms with E-state index in [2.05, 4.69) is 45.1 Å². The monoisotopic (exact) mass is 335 g/mol. The number of thioether (sulfide) groups is 1. The van der Waals surface area contributed by atoms with E-state index in [1.54, 1.807) is 11.8 Å². The summed E-state index contributed by atoms with van der Waals surface area (Å²) in [6.45, 7) is 0. The van der Waals surface area contributed by atoms with Gasteiger partial charge >= 0.3 is 0 Å². The second kappa shape index (κ2) is 5.42. The van der Waals surface area contributed by atoms with Crippen LogP contribution in [-0.4, -0.2) is 20.8 Å². The number of fused-ring (bicyclic) bond motifs is 3. The molecule has 4 rings (SSSR count). The van der Waals surface area contributed by atoms with Crippen molar-refractivity contribution in [3.8, 4) is 11.1 Å². The number of anilines is 2. The van der Waals surface area contributed by atoms with E-state index in [9.17, 15) is 0 Å². The van der Waals surface area contributed by atoms with Crippen LogP contribution in [0.25, 0.3) is 32.9 Å². The number of nitrogen functional groups attached to an aromatic ring is 2. The molecule has 0 unspecified atom stereocenters. The molecule has 0 radical (unpaired) electrons. The molecule has 0 atom stereocenters. The summed E-state index contributed by atoms with van der Waals surface area (Å²) in [5.41, 5.74) is 16.0. The highest BCUT2D eigenvalue weighted by Crippen LogP contribution is 2.37. The molecule has 24 heavy (non-hydrogen) atoms. The molecule has 2 aromatic heterocycles. The van der Waals surface area contributed by atoms with Gasteiger partial charge in [0.05, 0.1) is 16.4 Å². The van der Waals surface area contributed by atoms with E-state index in [-0.39, 0.29) is 5.95 Å². The Morgan fingerprint density at radius 3 is 2.50 bits per heavy atom. The third-order valence-electron chi connectivity index (χ3n) is 4.26. The molecule has 2 heterocycles. The summed E-state index contributed by atoms with van der Waals surface area (Å²) in [4.78, 5) is 9.74. The molecular weight excluding hydrogens is 318 g/mol. The van der Waals surface area contributed by atoms with E-state index in [4.69, 9.17) is 11.5 Å². The van der Waals surface area contributed by atoms with Crippen molar-refractivity contribution in [2.75, 3.05) is 17.7 Å². The average Bonchev–Trinajstić information content (AvgIpc) is 2.95. The van der Waals surface area contributed by atoms with Gasteiger partial charge in [0.1, 0.15) is 5.82 Å². The lowest BCUT2D eigenvalue weighted by molar-refractivity contribution is 0.970. The highest BCUT2D eigenvalue weighted by atomic mass is 32.2. The van der Waals surface area contributed by atoms with Crippen molar-refractivity contribution < 1.29 is 0 Å². The van der Waals surface area contributed by atoms with Crippen LogP contribution in [0.15, 0.2) is 47.5 Å². The molecule has 0 saturated carbocycles. The number of hydrogen-bond donors (Lipinski definition) is 2. The first-order chi connectivity index (χ1) is 11.6. The zero-order valence-corrected chi connectivity index (χ0v) is 14.3. The van der Waals surface area contributed by atoms with Gasteiger partial charge in [-0.2, -0.15) is 4.98 Å². The minimum absolute atomic E-state index is 0.193. The molecule has 0 aliphatic carbocycles. The lowest BCUT2D eigenvalue weighted by atomic mass is 10.00. The molecule has 0 aliphatic heterocycles. The number of aromatic nitrogens is 3. The van der Waals surface area contributed by atoms with Crippen molar-refractivity contribution >= 4 is 45.3 Å². The topological polar surface area (TPSA) is 82.8 Å². The molecule has 5 nitrogen and oxygen atoms in total. The van der Waals surface area contributed by atoms with Crippen LogP contribution in [0.1, 0.15) is 0 Å². The molecule has 6 heteroatoms. The van der Waals surface area contributed by atoms with E-state index < -0.39 is 0 Å². The summed E-state index contributed by atoms with van der Waals surface area (Å²) < 4.78 is 2.10. The Kier molecular flexibility index (Phi) is 3.35. The Balaban J connectivity index is 2.11. The minimum atomic E-state index is 0.193. The second-order valence-corrected chi connectivity index (χ2v) is 6.58. The van der Waals surface area contributed by atoms with Gasteiger partial charge < -0.3 is 16.0 Å². The van der Waals surface area contributed by atoms with Crippen LogP contribution < -0.4 is 11.5 Å². The van der Waals surface area contributed by atoms with E-state index in [1.807, 2.05) is 25.4 Å². The third kappa shape index (κ3) is 2.18. The zero-order valence-electron chi connectivity index (χ0n) is 13.4. The molecular formula is C18H17N5S. The van der Waals surface area contributed by atoms with Crippen LogP contribution >= 0.6 is 11.8 Å². The smallest absolute Gasteiger partial charge is 0.222 e. The van der Waals surface area contributed by atoms with Crippen molar-refractivity contribution in [2.45, 2.75) is 4.90 Å². The Morgan fingerprint density at radius 1 is 1.04 bits per heavy atom. The molecule has 0 aliphatic rings. The van der Waals surface area contributed by atoms with Crippen molar-refractivity contribution in [2.24, 2.45) is 7.05 Å². The summed E-state index contributed by atoms with van der Waals surface area (Å²) in [5.74, 6) is 0.608. The molecule has 4 N–H and O–H groups in total. The fourth-order valence-electron chi connectivity index (χ4n) is 3.16. The van der Waals surface area contributed by atoms with Gasteiger partial charge in [0.15, 0.2) is 0 Å². The van der Waals surface area contributed by atoms with E-state index in [0.717, 1.165) is 32.9 Å². The maximum Gasteiger partial charge on any atom is 0.222 e. The summed E-state index contributed by atoms with van der Waals surface area (Å²) in [6.07, 6.45) is 4.10. The van der Waals surface area contributed by atoms with Gasteiger partial charge in [-0.1, -0.05) is 12.1 Å². The maximum atomic E-state index is 6.12. The lowest BCUT2D eigenvalue weighted by Crippen LogP contribution is -2.01. The number of hydrogen-bond acceptors (Lipinski definition) is 5. The summed E-state index contributed by atoms with van der Waals surface area (Å²) in [7, 11) is 2.03. The Morgan fingerprint density at radius 2 is 1.79 bits per heavy atom. The van der Waals surface area contributed by atoms with Crippen molar-refractivity contribution in [1.82, 2.24) is 14.5 Å². The molecule has 2 aromatic carbocycles. The first kappa shape index (κ1) is 14.8. The van der Waals surface area contributed by atoms with Crippen LogP contribution in [-0.2, 0) is 7.05 Å². The van der Waals surface area contributed by atoms with Crippen molar-refractivity contribution in [1.29, 1.82) is 0 Å². The van der Waals surface area contributed by atoms with Crippen LogP contribution in [0.2, 0.25) is 0 Å². The SMILES string of the molecule is CSc1ccc(-c2cc3nc(N)nc(N)c3c3ccn(C)c23)cc1. The summed E-state index contributed by atoms with van der Waals surface area (Å²) in [5, 5.41) is 1.89. The van der Waals surface area contributed by atoms with E-state index >= 15 is 0 Å². The van der Waals surface area contributed by atoms with Crippen LogP contribution in [0.3, 0.4) is 0 Å². The fourth-order valence-corrected chi connectivity index (χ4v) is 3.57. The first-order valence-electron chi connectivity index (χ1n) is 7.53. The largest absolute Gasteiger partial charge is 0.383 e. The number of aryl methyl sites for hydroxylation is 1. The highest BCUT2D eigenvalue weighted by molar-refractivity contribution is 7.98. The Bertz CT molecular complexity index is 1070. The van der Waals surface area contributed by atoms with Gasteiger partial charge in [0.2, 0.25) is 5.95 Å². The first-order valence-corrected chi connectivity index (χ1v) is 8.76. The second-order valence-electron chi connectivity index (χ2n) is 5.70. The maximum absolute atomic E-state index is 6.12. The van der Waals surface area contributed by atoms with Gasteiger partial charge in [-0.05, 0) is 36.1 Å². The zero-order chi connectivity index (χ0) is 16.8. The summed E-state index contributed by atoms with van der Waals surface area (Å²) >= 11 is 1.73. The van der Waals surface area contributed by atoms with Crippen LogP contribution in [0.5, 0.6) is 0 Å². The minimum Gasteiger partial charge on any atom is -0.383 e. The quantitative estimate of drug-likeness (QED) is 0.546. The van der Waals surface area contributed by atoms with E-state index in [0.29, 0.717) is 5.82 Å². The Hall–Kier alpha value is -2.73. The fraction of sp³-hybridized carbons (Fsp3) is 0.111. The third-order valence-corrected chi connectivity index (χ3v) is 5.01. The van der Waals surface area contributed by atoms with Gasteiger partial charge in [-0.3, -0.25) is 0 Å². The van der Waals surface area contributed by atoms with Crippen LogP contribution in [0, 0.1) is 0 Å².